The van der Waals surface area contributed by atoms with Crippen LogP contribution >= 0.6 is 0 Å². The van der Waals surface area contributed by atoms with E-state index in [9.17, 15) is 4.21 Å². The molecule has 1 aliphatic rings. The predicted molar refractivity (Wildman–Crippen MR) is 48.9 cm³/mol. The van der Waals surface area contributed by atoms with E-state index in [4.69, 9.17) is 4.55 Å². The number of fused-ring (bicyclic) bond motifs is 1. The molecule has 62 valence electrons. The maximum atomic E-state index is 10.7. The minimum Gasteiger partial charge on any atom is -0.302 e. The molecule has 0 saturated carbocycles. The van der Waals surface area contributed by atoms with Gasteiger partial charge in [-0.25, -0.2) is 4.21 Å². The third kappa shape index (κ3) is 1.21. The first-order chi connectivity index (χ1) is 5.77. The number of allylic oxidation sites excluding steroid dienone is 1. The standard InChI is InChI=1S/C9H8O2S/c10-12(11)9-5-7-3-1-2-4-8(7)6-9/h1-5H,6H2,(H,10,11). The van der Waals surface area contributed by atoms with E-state index in [1.165, 1.54) is 0 Å². The van der Waals surface area contributed by atoms with Crippen LogP contribution in [-0.4, -0.2) is 8.76 Å². The van der Waals surface area contributed by atoms with Gasteiger partial charge in [0.1, 0.15) is 0 Å². The highest BCUT2D eigenvalue weighted by Crippen LogP contribution is 2.25. The summed E-state index contributed by atoms with van der Waals surface area (Å²) in [5.41, 5.74) is 2.20. The fourth-order valence-corrected chi connectivity index (χ4v) is 1.87. The van der Waals surface area contributed by atoms with Crippen LogP contribution in [0.5, 0.6) is 0 Å². The maximum absolute atomic E-state index is 10.7. The van der Waals surface area contributed by atoms with Gasteiger partial charge in [0.2, 0.25) is 0 Å². The molecular weight excluding hydrogens is 172 g/mol. The molecule has 0 amide bonds. The first kappa shape index (κ1) is 7.71. The monoisotopic (exact) mass is 180 g/mol. The van der Waals surface area contributed by atoms with E-state index in [0.717, 1.165) is 11.1 Å². The number of hydrogen-bond donors (Lipinski definition) is 1. The van der Waals surface area contributed by atoms with Crippen molar-refractivity contribution in [3.8, 4) is 0 Å². The van der Waals surface area contributed by atoms with E-state index in [2.05, 4.69) is 0 Å². The fourth-order valence-electron chi connectivity index (χ4n) is 1.36. The van der Waals surface area contributed by atoms with Crippen molar-refractivity contribution in [1.29, 1.82) is 0 Å². The summed E-state index contributed by atoms with van der Waals surface area (Å²) in [6.45, 7) is 0. The van der Waals surface area contributed by atoms with Crippen molar-refractivity contribution in [1.82, 2.24) is 0 Å². The molecule has 0 heterocycles. The van der Waals surface area contributed by atoms with Gasteiger partial charge < -0.3 is 4.55 Å². The van der Waals surface area contributed by atoms with E-state index >= 15 is 0 Å². The zero-order chi connectivity index (χ0) is 8.55. The molecule has 0 radical (unpaired) electrons. The van der Waals surface area contributed by atoms with Crippen molar-refractivity contribution in [3.05, 3.63) is 40.3 Å². The van der Waals surface area contributed by atoms with Crippen molar-refractivity contribution < 1.29 is 8.76 Å². The van der Waals surface area contributed by atoms with E-state index in [1.54, 1.807) is 6.08 Å². The highest BCUT2D eigenvalue weighted by molar-refractivity contribution is 7.83. The van der Waals surface area contributed by atoms with Gasteiger partial charge in [0.05, 0.1) is 0 Å². The molecule has 1 unspecified atom stereocenters. The number of hydrogen-bond acceptors (Lipinski definition) is 1. The van der Waals surface area contributed by atoms with Gasteiger partial charge in [0.25, 0.3) is 0 Å². The molecule has 1 aromatic rings. The normalized spacial score (nSPS) is 16.9. The molecule has 0 saturated heterocycles. The lowest BCUT2D eigenvalue weighted by Crippen LogP contribution is -1.91. The summed E-state index contributed by atoms with van der Waals surface area (Å²) in [7, 11) is 0. The van der Waals surface area contributed by atoms with Gasteiger partial charge in [-0.2, -0.15) is 0 Å². The predicted octanol–water partition coefficient (Wildman–Crippen LogP) is 1.81. The Hall–Kier alpha value is -0.930. The Bertz CT molecular complexity index is 369. The molecule has 3 heteroatoms. The summed E-state index contributed by atoms with van der Waals surface area (Å²) in [5, 5.41) is 0. The van der Waals surface area contributed by atoms with Gasteiger partial charge in [-0.15, -0.1) is 0 Å². The van der Waals surface area contributed by atoms with Crippen LogP contribution < -0.4 is 0 Å². The maximum Gasteiger partial charge on any atom is 0.182 e. The van der Waals surface area contributed by atoms with Crippen LogP contribution in [0.2, 0.25) is 0 Å². The van der Waals surface area contributed by atoms with E-state index in [1.807, 2.05) is 24.3 Å². The SMILES string of the molecule is O=S(O)C1=Cc2ccccc2C1. The first-order valence-corrected chi connectivity index (χ1v) is 4.77. The molecule has 1 aliphatic carbocycles. The average molecular weight is 180 g/mol. The lowest BCUT2D eigenvalue weighted by Gasteiger charge is -1.94. The summed E-state index contributed by atoms with van der Waals surface area (Å²) in [6, 6.07) is 7.80. The molecular formula is C9H8O2S. The Balaban J connectivity index is 2.41. The molecule has 1 N–H and O–H groups in total. The Morgan fingerprint density at radius 2 is 2.08 bits per heavy atom. The molecule has 2 rings (SSSR count). The van der Waals surface area contributed by atoms with Crippen molar-refractivity contribution in [3.63, 3.8) is 0 Å². The summed E-state index contributed by atoms with van der Waals surface area (Å²) < 4.78 is 19.5. The average Bonchev–Trinajstić information content (AvgIpc) is 2.46. The molecule has 0 fully saturated rings. The fraction of sp³-hybridized carbons (Fsp3) is 0.111. The zero-order valence-corrected chi connectivity index (χ0v) is 7.17. The lowest BCUT2D eigenvalue weighted by atomic mass is 10.1. The van der Waals surface area contributed by atoms with Crippen molar-refractivity contribution >= 4 is 17.2 Å². The molecule has 1 atom stereocenters. The highest BCUT2D eigenvalue weighted by Gasteiger charge is 2.14. The number of rotatable bonds is 1. The van der Waals surface area contributed by atoms with Gasteiger partial charge in [0.15, 0.2) is 11.1 Å². The molecule has 2 nitrogen and oxygen atoms in total. The molecule has 1 aromatic carbocycles. The minimum absolute atomic E-state index is 0.594. The minimum atomic E-state index is -1.81. The lowest BCUT2D eigenvalue weighted by molar-refractivity contribution is 0.570. The van der Waals surface area contributed by atoms with Crippen LogP contribution in [0.15, 0.2) is 29.2 Å². The molecule has 0 aromatic heterocycles. The molecule has 0 bridgehead atoms. The zero-order valence-electron chi connectivity index (χ0n) is 6.36. The Kier molecular flexibility index (Phi) is 1.83. The smallest absolute Gasteiger partial charge is 0.182 e. The van der Waals surface area contributed by atoms with Gasteiger partial charge >= 0.3 is 0 Å². The summed E-state index contributed by atoms with van der Waals surface area (Å²) in [6.07, 6.45) is 2.39. The summed E-state index contributed by atoms with van der Waals surface area (Å²) >= 11 is -1.81. The van der Waals surface area contributed by atoms with Gasteiger partial charge in [-0.3, -0.25) is 0 Å². The third-order valence-corrected chi connectivity index (χ3v) is 2.67. The van der Waals surface area contributed by atoms with Crippen molar-refractivity contribution in [2.45, 2.75) is 6.42 Å². The third-order valence-electron chi connectivity index (χ3n) is 1.96. The first-order valence-electron chi connectivity index (χ1n) is 3.67. The van der Waals surface area contributed by atoms with Crippen LogP contribution in [-0.2, 0) is 17.5 Å². The van der Waals surface area contributed by atoms with Crippen LogP contribution in [0, 0.1) is 0 Å². The largest absolute Gasteiger partial charge is 0.302 e. The second kappa shape index (κ2) is 2.84. The van der Waals surface area contributed by atoms with Crippen molar-refractivity contribution in [2.24, 2.45) is 0 Å². The Morgan fingerprint density at radius 3 is 2.75 bits per heavy atom. The molecule has 0 aliphatic heterocycles. The Labute approximate surface area is 73.2 Å². The molecule has 12 heavy (non-hydrogen) atoms. The van der Waals surface area contributed by atoms with E-state index in [-0.39, 0.29) is 0 Å². The van der Waals surface area contributed by atoms with Crippen LogP contribution in [0.3, 0.4) is 0 Å². The van der Waals surface area contributed by atoms with E-state index in [0.29, 0.717) is 11.3 Å². The van der Waals surface area contributed by atoms with Crippen molar-refractivity contribution in [2.75, 3.05) is 0 Å². The topological polar surface area (TPSA) is 37.3 Å². The van der Waals surface area contributed by atoms with Gasteiger partial charge in [-0.05, 0) is 17.2 Å². The number of benzene rings is 1. The second-order valence-electron chi connectivity index (χ2n) is 2.74. The van der Waals surface area contributed by atoms with E-state index < -0.39 is 11.1 Å². The van der Waals surface area contributed by atoms with Gasteiger partial charge in [-0.1, -0.05) is 24.3 Å². The summed E-state index contributed by atoms with van der Waals surface area (Å²) in [4.78, 5) is 0.594. The van der Waals surface area contributed by atoms with Crippen LogP contribution in [0.1, 0.15) is 11.1 Å². The quantitative estimate of drug-likeness (QED) is 0.669. The second-order valence-corrected chi connectivity index (χ2v) is 3.76. The van der Waals surface area contributed by atoms with Gasteiger partial charge in [0, 0.05) is 11.3 Å². The summed E-state index contributed by atoms with van der Waals surface area (Å²) in [5.74, 6) is 0. The molecule has 0 spiro atoms. The van der Waals surface area contributed by atoms with Crippen LogP contribution in [0.25, 0.3) is 6.08 Å². The highest BCUT2D eigenvalue weighted by atomic mass is 32.2. The Morgan fingerprint density at radius 1 is 1.33 bits per heavy atom. The van der Waals surface area contributed by atoms with Crippen LogP contribution in [0.4, 0.5) is 0 Å².